The molecule has 3 heterocycles. The molecule has 176 valence electrons. The first-order valence-electron chi connectivity index (χ1n) is 11.7. The molecule has 4 rings (SSSR count). The van der Waals surface area contributed by atoms with Crippen molar-refractivity contribution in [3.63, 3.8) is 0 Å². The lowest BCUT2D eigenvalue weighted by molar-refractivity contribution is -0.129. The molecule has 8 heteroatoms. The molecule has 1 aliphatic carbocycles. The fourth-order valence-electron chi connectivity index (χ4n) is 4.59. The lowest BCUT2D eigenvalue weighted by Crippen LogP contribution is -2.35. The highest BCUT2D eigenvalue weighted by Crippen LogP contribution is 2.37. The Labute approximate surface area is 191 Å². The first-order chi connectivity index (χ1) is 15.4. The van der Waals surface area contributed by atoms with Crippen molar-refractivity contribution in [2.45, 2.75) is 78.5 Å². The minimum Gasteiger partial charge on any atom is -0.495 e. The van der Waals surface area contributed by atoms with Gasteiger partial charge in [0.05, 0.1) is 43.4 Å². The van der Waals surface area contributed by atoms with Gasteiger partial charge in [-0.2, -0.15) is 5.10 Å². The van der Waals surface area contributed by atoms with Crippen LogP contribution in [0.5, 0.6) is 5.75 Å². The molecule has 1 aliphatic heterocycles. The Balaban J connectivity index is 0.00000141. The van der Waals surface area contributed by atoms with E-state index >= 15 is 0 Å². The lowest BCUT2D eigenvalue weighted by Gasteiger charge is -2.30. The van der Waals surface area contributed by atoms with E-state index in [1.807, 2.05) is 49.9 Å². The highest BCUT2D eigenvalue weighted by molar-refractivity contribution is 5.74. The van der Waals surface area contributed by atoms with E-state index < -0.39 is 0 Å². The van der Waals surface area contributed by atoms with Crippen molar-refractivity contribution < 1.29 is 14.6 Å². The van der Waals surface area contributed by atoms with E-state index in [9.17, 15) is 9.90 Å². The zero-order valence-corrected chi connectivity index (χ0v) is 20.3. The third-order valence-corrected chi connectivity index (χ3v) is 6.47. The predicted molar refractivity (Wildman–Crippen MR) is 125 cm³/mol. The van der Waals surface area contributed by atoms with Crippen LogP contribution in [0.2, 0.25) is 0 Å². The summed E-state index contributed by atoms with van der Waals surface area (Å²) in [5.74, 6) is 1.68. The summed E-state index contributed by atoms with van der Waals surface area (Å²) in [4.78, 5) is 20.4. The number of hydrogen-bond donors (Lipinski definition) is 1. The van der Waals surface area contributed by atoms with E-state index in [-0.39, 0.29) is 12.0 Å². The Kier molecular flexibility index (Phi) is 7.77. The molecule has 0 spiro atoms. The molecule has 8 nitrogen and oxygen atoms in total. The summed E-state index contributed by atoms with van der Waals surface area (Å²) in [5, 5.41) is 15.0. The van der Waals surface area contributed by atoms with Crippen molar-refractivity contribution >= 4 is 17.4 Å². The number of anilines is 2. The number of hydrogen-bond acceptors (Lipinski definition) is 6. The molecule has 0 aromatic carbocycles. The van der Waals surface area contributed by atoms with Crippen molar-refractivity contribution in [2.75, 3.05) is 25.6 Å². The zero-order chi connectivity index (χ0) is 23.4. The Bertz CT molecular complexity index is 934. The van der Waals surface area contributed by atoms with Crippen LogP contribution in [0.4, 0.5) is 11.5 Å². The number of rotatable bonds is 4. The molecule has 1 N–H and O–H groups in total. The normalized spacial score (nSPS) is 20.2. The minimum absolute atomic E-state index is 0.0847. The van der Waals surface area contributed by atoms with Crippen molar-refractivity contribution in [3.8, 4) is 5.75 Å². The average Bonchev–Trinajstić information content (AvgIpc) is 3.19. The number of methoxy groups -OCH3 is 1. The van der Waals surface area contributed by atoms with Crippen LogP contribution in [0.25, 0.3) is 0 Å². The molecule has 1 fully saturated rings. The van der Waals surface area contributed by atoms with Gasteiger partial charge in [0.15, 0.2) is 5.82 Å². The monoisotopic (exact) mass is 443 g/mol. The number of aliphatic hydroxyl groups excluding tert-OH is 1. The number of aromatic nitrogens is 3. The summed E-state index contributed by atoms with van der Waals surface area (Å²) in [6.07, 6.45) is 5.89. The molecule has 32 heavy (non-hydrogen) atoms. The molecule has 2 aromatic rings. The van der Waals surface area contributed by atoms with Crippen LogP contribution >= 0.6 is 0 Å². The van der Waals surface area contributed by atoms with Gasteiger partial charge in [0, 0.05) is 44.3 Å². The van der Waals surface area contributed by atoms with Crippen LogP contribution < -0.4 is 9.64 Å². The highest BCUT2D eigenvalue weighted by Gasteiger charge is 2.32. The van der Waals surface area contributed by atoms with Gasteiger partial charge in [0.25, 0.3) is 0 Å². The van der Waals surface area contributed by atoms with Gasteiger partial charge in [0.1, 0.15) is 5.75 Å². The number of pyridine rings is 1. The summed E-state index contributed by atoms with van der Waals surface area (Å²) in [6.45, 7) is 8.82. The molecule has 0 radical (unpaired) electrons. The number of carbonyl (C=O) groups excluding carboxylic acids is 1. The van der Waals surface area contributed by atoms with Gasteiger partial charge in [-0.1, -0.05) is 13.8 Å². The second-order valence-corrected chi connectivity index (χ2v) is 8.39. The number of aliphatic hydroxyl groups is 1. The predicted octanol–water partition coefficient (Wildman–Crippen LogP) is 3.77. The average molecular weight is 444 g/mol. The quantitative estimate of drug-likeness (QED) is 0.774. The first-order valence-corrected chi connectivity index (χ1v) is 11.7. The van der Waals surface area contributed by atoms with Crippen molar-refractivity contribution in [2.24, 2.45) is 0 Å². The molecule has 0 atom stereocenters. The summed E-state index contributed by atoms with van der Waals surface area (Å²) < 4.78 is 7.62. The maximum Gasteiger partial charge on any atom is 0.219 e. The SMILES string of the molecule is CC.COc1cc(N(C)c2nn(C3CCC(O)CC3)c3c2CN(C(C)=O)CC3)cnc1C. The van der Waals surface area contributed by atoms with Crippen LogP contribution in [-0.4, -0.2) is 57.5 Å². The maximum absolute atomic E-state index is 12.1. The largest absolute Gasteiger partial charge is 0.495 e. The number of ether oxygens (including phenoxy) is 1. The lowest BCUT2D eigenvalue weighted by atomic mass is 9.92. The topological polar surface area (TPSA) is 83.7 Å². The number of nitrogens with zero attached hydrogens (tertiary/aromatic N) is 5. The van der Waals surface area contributed by atoms with Crippen molar-refractivity contribution in [3.05, 3.63) is 29.2 Å². The molecule has 1 saturated carbocycles. The number of fused-ring (bicyclic) bond motifs is 1. The Morgan fingerprint density at radius 2 is 1.94 bits per heavy atom. The molecule has 2 aliphatic rings. The molecule has 2 aromatic heterocycles. The highest BCUT2D eigenvalue weighted by atomic mass is 16.5. The van der Waals surface area contributed by atoms with E-state index in [1.165, 1.54) is 5.69 Å². The van der Waals surface area contributed by atoms with Crippen LogP contribution in [0.15, 0.2) is 12.3 Å². The van der Waals surface area contributed by atoms with Gasteiger partial charge < -0.3 is 19.6 Å². The minimum atomic E-state index is -0.200. The molecule has 0 bridgehead atoms. The summed E-state index contributed by atoms with van der Waals surface area (Å²) in [5.41, 5.74) is 4.04. The second kappa shape index (κ2) is 10.3. The van der Waals surface area contributed by atoms with Gasteiger partial charge >= 0.3 is 0 Å². The van der Waals surface area contributed by atoms with Crippen LogP contribution in [-0.2, 0) is 17.8 Å². The summed E-state index contributed by atoms with van der Waals surface area (Å²) in [7, 11) is 3.63. The number of carbonyl (C=O) groups is 1. The van der Waals surface area contributed by atoms with E-state index in [1.54, 1.807) is 14.0 Å². The first kappa shape index (κ1) is 24.0. The molecule has 1 amide bonds. The van der Waals surface area contributed by atoms with Crippen molar-refractivity contribution in [1.82, 2.24) is 19.7 Å². The number of aryl methyl sites for hydroxylation is 1. The van der Waals surface area contributed by atoms with Crippen LogP contribution in [0.1, 0.15) is 69.4 Å². The molecular weight excluding hydrogens is 406 g/mol. The van der Waals surface area contributed by atoms with E-state index in [0.717, 1.165) is 60.6 Å². The zero-order valence-electron chi connectivity index (χ0n) is 20.3. The third-order valence-electron chi connectivity index (χ3n) is 6.47. The number of amides is 1. The van der Waals surface area contributed by atoms with E-state index in [4.69, 9.17) is 9.84 Å². The summed E-state index contributed by atoms with van der Waals surface area (Å²) >= 11 is 0. The van der Waals surface area contributed by atoms with Crippen LogP contribution in [0, 0.1) is 6.92 Å². The van der Waals surface area contributed by atoms with Gasteiger partial charge in [-0.3, -0.25) is 14.5 Å². The third kappa shape index (κ3) is 4.75. The van der Waals surface area contributed by atoms with E-state index in [0.29, 0.717) is 19.1 Å². The fourth-order valence-corrected chi connectivity index (χ4v) is 4.59. The van der Waals surface area contributed by atoms with Gasteiger partial charge in [-0.15, -0.1) is 0 Å². The fraction of sp³-hybridized carbons (Fsp3) is 0.625. The Morgan fingerprint density at radius 3 is 2.56 bits per heavy atom. The maximum atomic E-state index is 12.1. The molecule has 0 saturated heterocycles. The Hall–Kier alpha value is -2.61. The van der Waals surface area contributed by atoms with Crippen molar-refractivity contribution in [1.29, 1.82) is 0 Å². The summed E-state index contributed by atoms with van der Waals surface area (Å²) in [6, 6.07) is 2.26. The second-order valence-electron chi connectivity index (χ2n) is 8.39. The molecular formula is C24H37N5O3. The van der Waals surface area contributed by atoms with Gasteiger partial charge in [0.2, 0.25) is 5.91 Å². The van der Waals surface area contributed by atoms with Crippen LogP contribution in [0.3, 0.4) is 0 Å². The van der Waals surface area contributed by atoms with E-state index in [2.05, 4.69) is 9.67 Å². The standard InChI is InChI=1S/C22H31N5O3.C2H6/c1-14-21(30-4)11-17(12-23-14)25(3)22-19-13-26(15(2)28)10-9-20(19)27(24-22)16-5-7-18(29)8-6-16;1-2/h11-12,16,18,29H,5-10,13H2,1-4H3;1-2H3. The Morgan fingerprint density at radius 1 is 1.25 bits per heavy atom. The van der Waals surface area contributed by atoms with Gasteiger partial charge in [-0.25, -0.2) is 0 Å². The smallest absolute Gasteiger partial charge is 0.219 e. The van der Waals surface area contributed by atoms with Gasteiger partial charge in [-0.05, 0) is 32.6 Å². The molecule has 0 unspecified atom stereocenters.